The third kappa shape index (κ3) is 1.45. The number of carbonyl (C=O) groups is 1. The molecule has 1 aliphatic carbocycles. The molecular formula is C5H8N2O4. The van der Waals surface area contributed by atoms with Crippen LogP contribution < -0.4 is 5.73 Å². The predicted molar refractivity (Wildman–Crippen MR) is 34.5 cm³/mol. The van der Waals surface area contributed by atoms with Gasteiger partial charge in [0.05, 0.1) is 5.92 Å². The van der Waals surface area contributed by atoms with Gasteiger partial charge in [-0.25, -0.2) is 0 Å². The number of nitrogens with two attached hydrogens (primary N) is 1. The van der Waals surface area contributed by atoms with Crippen molar-refractivity contribution in [2.24, 2.45) is 11.7 Å². The first-order valence-corrected chi connectivity index (χ1v) is 3.16. The SMILES string of the molecule is NC(C(=O)O)[C@@H]1C[C@H]1[N+](=O)[O-]. The van der Waals surface area contributed by atoms with Crippen molar-refractivity contribution in [2.75, 3.05) is 0 Å². The average Bonchev–Trinajstić information content (AvgIpc) is 2.63. The van der Waals surface area contributed by atoms with Crippen molar-refractivity contribution in [1.29, 1.82) is 0 Å². The van der Waals surface area contributed by atoms with Gasteiger partial charge in [0.15, 0.2) is 0 Å². The van der Waals surface area contributed by atoms with E-state index in [1.165, 1.54) is 0 Å². The molecule has 0 spiro atoms. The smallest absolute Gasteiger partial charge is 0.321 e. The Bertz CT molecular complexity index is 205. The molecule has 0 heterocycles. The molecular weight excluding hydrogens is 152 g/mol. The molecule has 0 aliphatic heterocycles. The van der Waals surface area contributed by atoms with Crippen LogP contribution in [-0.2, 0) is 4.79 Å². The number of carboxylic acid groups (broad SMARTS) is 1. The summed E-state index contributed by atoms with van der Waals surface area (Å²) in [5, 5.41) is 18.4. The summed E-state index contributed by atoms with van der Waals surface area (Å²) < 4.78 is 0. The molecule has 1 unspecified atom stereocenters. The van der Waals surface area contributed by atoms with Gasteiger partial charge in [-0.2, -0.15) is 0 Å². The monoisotopic (exact) mass is 160 g/mol. The van der Waals surface area contributed by atoms with Crippen molar-refractivity contribution < 1.29 is 14.8 Å². The zero-order valence-electron chi connectivity index (χ0n) is 5.64. The van der Waals surface area contributed by atoms with Gasteiger partial charge in [0, 0.05) is 11.3 Å². The largest absolute Gasteiger partial charge is 0.480 e. The lowest BCUT2D eigenvalue weighted by molar-refractivity contribution is -0.498. The fraction of sp³-hybridized carbons (Fsp3) is 0.800. The molecule has 11 heavy (non-hydrogen) atoms. The minimum Gasteiger partial charge on any atom is -0.480 e. The Morgan fingerprint density at radius 2 is 2.36 bits per heavy atom. The second-order valence-electron chi connectivity index (χ2n) is 2.62. The van der Waals surface area contributed by atoms with Crippen LogP contribution in [0.5, 0.6) is 0 Å². The van der Waals surface area contributed by atoms with Gasteiger partial charge in [-0.05, 0) is 0 Å². The predicted octanol–water partition coefficient (Wildman–Crippen LogP) is -0.936. The lowest BCUT2D eigenvalue weighted by atomic mass is 10.2. The van der Waals surface area contributed by atoms with Crippen LogP contribution in [0.4, 0.5) is 0 Å². The summed E-state index contributed by atoms with van der Waals surface area (Å²) in [6.45, 7) is 0. The molecule has 3 N–H and O–H groups in total. The maximum atomic E-state index is 10.2. The summed E-state index contributed by atoms with van der Waals surface area (Å²) in [5.41, 5.74) is 5.15. The van der Waals surface area contributed by atoms with E-state index in [1.807, 2.05) is 0 Å². The molecule has 0 bridgehead atoms. The molecule has 1 aliphatic rings. The summed E-state index contributed by atoms with van der Waals surface area (Å²) in [4.78, 5) is 19.8. The number of hydrogen-bond acceptors (Lipinski definition) is 4. The van der Waals surface area contributed by atoms with Crippen molar-refractivity contribution in [3.63, 3.8) is 0 Å². The Morgan fingerprint density at radius 3 is 2.64 bits per heavy atom. The Morgan fingerprint density at radius 1 is 1.82 bits per heavy atom. The van der Waals surface area contributed by atoms with Gasteiger partial charge >= 0.3 is 5.97 Å². The molecule has 1 rings (SSSR count). The summed E-state index contributed by atoms with van der Waals surface area (Å²) in [7, 11) is 0. The van der Waals surface area contributed by atoms with E-state index in [4.69, 9.17) is 10.8 Å². The fourth-order valence-electron chi connectivity index (χ4n) is 1.01. The van der Waals surface area contributed by atoms with Crippen LogP contribution in [0.3, 0.4) is 0 Å². The Hall–Kier alpha value is -1.17. The first-order valence-electron chi connectivity index (χ1n) is 3.16. The number of hydrogen-bond donors (Lipinski definition) is 2. The molecule has 6 heteroatoms. The Labute approximate surface area is 62.1 Å². The summed E-state index contributed by atoms with van der Waals surface area (Å²) in [5.74, 6) is -1.64. The summed E-state index contributed by atoms with van der Waals surface area (Å²) in [6, 6.07) is -1.81. The van der Waals surface area contributed by atoms with Crippen LogP contribution in [-0.4, -0.2) is 28.1 Å². The molecule has 0 aromatic carbocycles. The van der Waals surface area contributed by atoms with Gasteiger partial charge in [-0.15, -0.1) is 0 Å². The van der Waals surface area contributed by atoms with Crippen molar-refractivity contribution in [3.8, 4) is 0 Å². The molecule has 3 atom stereocenters. The highest BCUT2D eigenvalue weighted by atomic mass is 16.6. The van der Waals surface area contributed by atoms with Gasteiger partial charge in [0.2, 0.25) is 6.04 Å². The van der Waals surface area contributed by atoms with Crippen molar-refractivity contribution in [2.45, 2.75) is 18.5 Å². The van der Waals surface area contributed by atoms with Crippen LogP contribution >= 0.6 is 0 Å². The number of rotatable bonds is 3. The molecule has 6 nitrogen and oxygen atoms in total. The zero-order chi connectivity index (χ0) is 8.59. The minimum absolute atomic E-state index is 0.292. The van der Waals surface area contributed by atoms with E-state index in [0.717, 1.165) is 0 Å². The fourth-order valence-corrected chi connectivity index (χ4v) is 1.01. The summed E-state index contributed by atoms with van der Waals surface area (Å²) in [6.07, 6.45) is 0.292. The molecule has 0 radical (unpaired) electrons. The molecule has 0 aromatic heterocycles. The van der Waals surface area contributed by atoms with E-state index in [9.17, 15) is 14.9 Å². The van der Waals surface area contributed by atoms with Gasteiger partial charge in [0.25, 0.3) is 0 Å². The van der Waals surface area contributed by atoms with E-state index >= 15 is 0 Å². The van der Waals surface area contributed by atoms with Gasteiger partial charge in [-0.3, -0.25) is 14.9 Å². The van der Waals surface area contributed by atoms with Crippen LogP contribution in [0.2, 0.25) is 0 Å². The summed E-state index contributed by atoms with van der Waals surface area (Å²) >= 11 is 0. The highest BCUT2D eigenvalue weighted by molar-refractivity contribution is 5.74. The highest BCUT2D eigenvalue weighted by Gasteiger charge is 2.53. The van der Waals surface area contributed by atoms with Gasteiger partial charge in [-0.1, -0.05) is 0 Å². The first-order chi connectivity index (χ1) is 5.04. The second kappa shape index (κ2) is 2.46. The normalized spacial score (nSPS) is 31.0. The van der Waals surface area contributed by atoms with E-state index < -0.39 is 28.9 Å². The molecule has 0 amide bonds. The van der Waals surface area contributed by atoms with E-state index in [1.54, 1.807) is 0 Å². The van der Waals surface area contributed by atoms with Crippen LogP contribution in [0, 0.1) is 16.0 Å². The van der Waals surface area contributed by atoms with E-state index in [-0.39, 0.29) is 0 Å². The van der Waals surface area contributed by atoms with Crippen LogP contribution in [0.1, 0.15) is 6.42 Å². The lowest BCUT2D eigenvalue weighted by Gasteiger charge is -2.00. The lowest BCUT2D eigenvalue weighted by Crippen LogP contribution is -2.34. The maximum Gasteiger partial charge on any atom is 0.321 e. The number of carboxylic acids is 1. The number of aliphatic carboxylic acids is 1. The van der Waals surface area contributed by atoms with Crippen molar-refractivity contribution >= 4 is 5.97 Å². The van der Waals surface area contributed by atoms with E-state index in [0.29, 0.717) is 6.42 Å². The van der Waals surface area contributed by atoms with Gasteiger partial charge in [0.1, 0.15) is 6.04 Å². The van der Waals surface area contributed by atoms with E-state index in [2.05, 4.69) is 0 Å². The highest BCUT2D eigenvalue weighted by Crippen LogP contribution is 2.35. The van der Waals surface area contributed by atoms with Crippen molar-refractivity contribution in [1.82, 2.24) is 0 Å². The van der Waals surface area contributed by atoms with Gasteiger partial charge < -0.3 is 10.8 Å². The number of nitro groups is 1. The zero-order valence-corrected chi connectivity index (χ0v) is 5.64. The molecule has 0 saturated heterocycles. The molecule has 62 valence electrons. The van der Waals surface area contributed by atoms with Crippen LogP contribution in [0.15, 0.2) is 0 Å². The van der Waals surface area contributed by atoms with Crippen molar-refractivity contribution in [3.05, 3.63) is 10.1 Å². The molecule has 1 saturated carbocycles. The van der Waals surface area contributed by atoms with Crippen LogP contribution in [0.25, 0.3) is 0 Å². The maximum absolute atomic E-state index is 10.2. The number of nitrogens with zero attached hydrogens (tertiary/aromatic N) is 1. The molecule has 0 aromatic rings. The first kappa shape index (κ1) is 7.93. The third-order valence-electron chi connectivity index (χ3n) is 1.82. The minimum atomic E-state index is -1.17. The quantitative estimate of drug-likeness (QED) is 0.409. The average molecular weight is 160 g/mol. The third-order valence-corrected chi connectivity index (χ3v) is 1.82. The standard InChI is InChI=1S/C5H8N2O4/c6-4(5(8)9)2-1-3(2)7(10)11/h2-4H,1,6H2,(H,8,9)/t2-,3-,4?/m1/s1. The Kier molecular flexibility index (Phi) is 1.77. The Balaban J connectivity index is 2.43. The molecule has 1 fully saturated rings. The second-order valence-corrected chi connectivity index (χ2v) is 2.62. The topological polar surface area (TPSA) is 106 Å².